The van der Waals surface area contributed by atoms with Gasteiger partial charge in [-0.2, -0.15) is 0 Å². The normalized spacial score (nSPS) is 37.2. The summed E-state index contributed by atoms with van der Waals surface area (Å²) >= 11 is 0. The van der Waals surface area contributed by atoms with Gasteiger partial charge < -0.3 is 5.11 Å². The maximum absolute atomic E-state index is 11.9. The summed E-state index contributed by atoms with van der Waals surface area (Å²) in [6.45, 7) is 3.58. The quantitative estimate of drug-likeness (QED) is 0.538. The Kier molecular flexibility index (Phi) is 2.33. The van der Waals surface area contributed by atoms with E-state index < -0.39 is 23.8 Å². The van der Waals surface area contributed by atoms with Crippen molar-refractivity contribution < 1.29 is 19.5 Å². The van der Waals surface area contributed by atoms with Crippen LogP contribution in [0.3, 0.4) is 0 Å². The molecule has 1 aliphatic carbocycles. The molecule has 0 spiro atoms. The van der Waals surface area contributed by atoms with E-state index in [1.54, 1.807) is 6.92 Å². The number of carboxylic acid groups (broad SMARTS) is 1. The molecule has 1 aliphatic heterocycles. The number of likely N-dealkylation sites (tertiary alicyclic amines) is 1. The molecule has 0 aromatic rings. The lowest BCUT2D eigenvalue weighted by Gasteiger charge is -2.28. The molecule has 2 bridgehead atoms. The Morgan fingerprint density at radius 1 is 1.56 bits per heavy atom. The van der Waals surface area contributed by atoms with Crippen molar-refractivity contribution in [3.8, 4) is 0 Å². The number of carbonyl (C=O) groups is 3. The standard InChI is InChI=1S/C11H13NO4/c1-5-3-6(2)9-8(11(15)16)7(5)10(14)12(9)4-13/h3-5,7-9H,1-2H3,(H,15,16). The molecule has 0 saturated carbocycles. The van der Waals surface area contributed by atoms with E-state index in [0.717, 1.165) is 10.5 Å². The Morgan fingerprint density at radius 2 is 2.19 bits per heavy atom. The Hall–Kier alpha value is -1.65. The number of allylic oxidation sites excluding steroid dienone is 1. The number of amides is 2. The van der Waals surface area contributed by atoms with Crippen molar-refractivity contribution in [1.82, 2.24) is 4.90 Å². The second-order valence-corrected chi connectivity index (χ2v) is 4.46. The van der Waals surface area contributed by atoms with Crippen LogP contribution in [0.4, 0.5) is 0 Å². The molecular formula is C11H13NO4. The SMILES string of the molecule is CC1=CC(C)C2C(=O)N(C=O)C1C2C(=O)O. The molecule has 5 nitrogen and oxygen atoms in total. The second-order valence-electron chi connectivity index (χ2n) is 4.46. The van der Waals surface area contributed by atoms with E-state index in [0.29, 0.717) is 6.41 Å². The number of nitrogens with zero attached hydrogens (tertiary/aromatic N) is 1. The van der Waals surface area contributed by atoms with Crippen LogP contribution in [0.2, 0.25) is 0 Å². The number of rotatable bonds is 2. The van der Waals surface area contributed by atoms with Crippen molar-refractivity contribution in [2.75, 3.05) is 0 Å². The fraction of sp³-hybridized carbons (Fsp3) is 0.545. The van der Waals surface area contributed by atoms with Crippen molar-refractivity contribution in [2.24, 2.45) is 17.8 Å². The van der Waals surface area contributed by atoms with Crippen LogP contribution in [0.5, 0.6) is 0 Å². The van der Waals surface area contributed by atoms with Gasteiger partial charge in [-0.15, -0.1) is 0 Å². The minimum atomic E-state index is -1.01. The molecule has 2 aliphatic rings. The molecule has 0 radical (unpaired) electrons. The molecule has 0 aromatic carbocycles. The molecule has 1 N–H and O–H groups in total. The van der Waals surface area contributed by atoms with Gasteiger partial charge in [-0.1, -0.05) is 18.6 Å². The van der Waals surface area contributed by atoms with E-state index in [-0.39, 0.29) is 11.8 Å². The molecule has 0 aromatic heterocycles. The molecule has 4 unspecified atom stereocenters. The topological polar surface area (TPSA) is 74.7 Å². The van der Waals surface area contributed by atoms with E-state index in [4.69, 9.17) is 5.11 Å². The Morgan fingerprint density at radius 3 is 2.69 bits per heavy atom. The highest BCUT2D eigenvalue weighted by molar-refractivity contribution is 5.97. The molecule has 4 atom stereocenters. The van der Waals surface area contributed by atoms with Gasteiger partial charge in [0.15, 0.2) is 0 Å². The summed E-state index contributed by atoms with van der Waals surface area (Å²) in [6.07, 6.45) is 2.33. The molecule has 2 rings (SSSR count). The third-order valence-electron chi connectivity index (χ3n) is 3.52. The van der Waals surface area contributed by atoms with Crippen molar-refractivity contribution in [2.45, 2.75) is 19.9 Å². The van der Waals surface area contributed by atoms with Gasteiger partial charge in [0.1, 0.15) is 0 Å². The number of aliphatic carboxylic acids is 1. The van der Waals surface area contributed by atoms with Gasteiger partial charge >= 0.3 is 5.97 Å². The van der Waals surface area contributed by atoms with Gasteiger partial charge in [-0.05, 0) is 12.8 Å². The zero-order chi connectivity index (χ0) is 12.0. The Bertz CT molecular complexity index is 401. The molecule has 2 amide bonds. The van der Waals surface area contributed by atoms with Crippen molar-refractivity contribution in [3.63, 3.8) is 0 Å². The highest BCUT2D eigenvalue weighted by Gasteiger charge is 2.56. The lowest BCUT2D eigenvalue weighted by molar-refractivity contribution is -0.145. The smallest absolute Gasteiger partial charge is 0.309 e. The first-order valence-electron chi connectivity index (χ1n) is 5.17. The van der Waals surface area contributed by atoms with Crippen molar-refractivity contribution in [1.29, 1.82) is 0 Å². The van der Waals surface area contributed by atoms with E-state index in [9.17, 15) is 14.4 Å². The van der Waals surface area contributed by atoms with Crippen LogP contribution in [0.25, 0.3) is 0 Å². The molecule has 1 fully saturated rings. The summed E-state index contributed by atoms with van der Waals surface area (Å²) < 4.78 is 0. The number of carboxylic acids is 1. The highest BCUT2D eigenvalue weighted by atomic mass is 16.4. The van der Waals surface area contributed by atoms with Crippen LogP contribution in [-0.2, 0) is 14.4 Å². The van der Waals surface area contributed by atoms with Gasteiger partial charge in [0.2, 0.25) is 12.3 Å². The summed E-state index contributed by atoms with van der Waals surface area (Å²) in [6, 6.07) is -0.594. The highest BCUT2D eigenvalue weighted by Crippen LogP contribution is 2.43. The zero-order valence-corrected chi connectivity index (χ0v) is 9.08. The van der Waals surface area contributed by atoms with Gasteiger partial charge in [-0.25, -0.2) is 0 Å². The van der Waals surface area contributed by atoms with Crippen molar-refractivity contribution >= 4 is 18.3 Å². The summed E-state index contributed by atoms with van der Waals surface area (Å²) in [5.41, 5.74) is 0.786. The molecule has 86 valence electrons. The molecule has 16 heavy (non-hydrogen) atoms. The van der Waals surface area contributed by atoms with Crippen LogP contribution in [-0.4, -0.2) is 34.3 Å². The number of hydrogen-bond donors (Lipinski definition) is 1. The lowest BCUT2D eigenvalue weighted by Crippen LogP contribution is -2.39. The van der Waals surface area contributed by atoms with E-state index in [2.05, 4.69) is 0 Å². The average molecular weight is 223 g/mol. The predicted octanol–water partition coefficient (Wildman–Crippen LogP) is 0.267. The maximum Gasteiger partial charge on any atom is 0.309 e. The van der Waals surface area contributed by atoms with E-state index in [1.165, 1.54) is 0 Å². The van der Waals surface area contributed by atoms with E-state index in [1.807, 2.05) is 13.0 Å². The number of hydrogen-bond acceptors (Lipinski definition) is 3. The summed E-state index contributed by atoms with van der Waals surface area (Å²) in [5, 5.41) is 9.16. The van der Waals surface area contributed by atoms with E-state index >= 15 is 0 Å². The Labute approximate surface area is 92.7 Å². The third-order valence-corrected chi connectivity index (χ3v) is 3.52. The third kappa shape index (κ3) is 1.20. The summed E-state index contributed by atoms with van der Waals surface area (Å²) in [5.74, 6) is -2.90. The van der Waals surface area contributed by atoms with Gasteiger partial charge in [0.25, 0.3) is 0 Å². The van der Waals surface area contributed by atoms with Crippen LogP contribution < -0.4 is 0 Å². The maximum atomic E-state index is 11.9. The van der Waals surface area contributed by atoms with Crippen LogP contribution in [0, 0.1) is 17.8 Å². The van der Waals surface area contributed by atoms with Crippen molar-refractivity contribution in [3.05, 3.63) is 11.6 Å². The number of carbonyl (C=O) groups excluding carboxylic acids is 2. The average Bonchev–Trinajstić information content (AvgIpc) is 2.45. The monoisotopic (exact) mass is 223 g/mol. The number of fused-ring (bicyclic) bond motifs is 2. The Balaban J connectivity index is 2.53. The summed E-state index contributed by atoms with van der Waals surface area (Å²) in [7, 11) is 0. The predicted molar refractivity (Wildman–Crippen MR) is 54.2 cm³/mol. The molecule has 5 heteroatoms. The first-order chi connectivity index (χ1) is 7.49. The first kappa shape index (κ1) is 10.9. The fourth-order valence-corrected chi connectivity index (χ4v) is 2.91. The minimum Gasteiger partial charge on any atom is -0.481 e. The molecular weight excluding hydrogens is 210 g/mol. The van der Waals surface area contributed by atoms with Crippen LogP contribution in [0.1, 0.15) is 13.8 Å². The minimum absolute atomic E-state index is 0.130. The van der Waals surface area contributed by atoms with Crippen LogP contribution >= 0.6 is 0 Å². The van der Waals surface area contributed by atoms with Crippen LogP contribution in [0.15, 0.2) is 11.6 Å². The largest absolute Gasteiger partial charge is 0.481 e. The second kappa shape index (κ2) is 3.43. The van der Waals surface area contributed by atoms with Gasteiger partial charge in [0, 0.05) is 0 Å². The van der Waals surface area contributed by atoms with Gasteiger partial charge in [0.05, 0.1) is 17.9 Å². The zero-order valence-electron chi connectivity index (χ0n) is 9.08. The summed E-state index contributed by atoms with van der Waals surface area (Å²) in [4.78, 5) is 35.0. The first-order valence-corrected chi connectivity index (χ1v) is 5.17. The lowest BCUT2D eigenvalue weighted by atomic mass is 9.74. The number of imide groups is 1. The molecule has 1 heterocycles. The van der Waals surface area contributed by atoms with Gasteiger partial charge in [-0.3, -0.25) is 19.3 Å². The fourth-order valence-electron chi connectivity index (χ4n) is 2.91. The molecule has 1 saturated heterocycles.